The van der Waals surface area contributed by atoms with Crippen LogP contribution in [0.1, 0.15) is 18.9 Å². The Morgan fingerprint density at radius 1 is 1.28 bits per heavy atom. The van der Waals surface area contributed by atoms with Crippen molar-refractivity contribution in [3.05, 3.63) is 29.8 Å². The quantitative estimate of drug-likeness (QED) is 0.778. The number of halogens is 2. The highest BCUT2D eigenvalue weighted by atomic mass is 19.3. The van der Waals surface area contributed by atoms with Gasteiger partial charge in [0.15, 0.2) is 0 Å². The number of para-hydroxylation sites is 1. The highest BCUT2D eigenvalue weighted by Gasteiger charge is 2.09. The molecule has 1 rings (SSSR count). The summed E-state index contributed by atoms with van der Waals surface area (Å²) in [5.41, 5.74) is 0.724. The number of nitrogens with one attached hydrogen (secondary N) is 1. The van der Waals surface area contributed by atoms with Crippen LogP contribution < -0.4 is 10.1 Å². The molecule has 18 heavy (non-hydrogen) atoms. The first-order chi connectivity index (χ1) is 8.63. The van der Waals surface area contributed by atoms with Gasteiger partial charge in [0.05, 0.1) is 0 Å². The normalized spacial score (nSPS) is 12.7. The molecule has 0 fully saturated rings. The lowest BCUT2D eigenvalue weighted by molar-refractivity contribution is -0.0505. The van der Waals surface area contributed by atoms with E-state index in [9.17, 15) is 8.78 Å². The smallest absolute Gasteiger partial charge is 0.387 e. The van der Waals surface area contributed by atoms with Crippen molar-refractivity contribution in [2.75, 3.05) is 13.7 Å². The van der Waals surface area contributed by atoms with Crippen LogP contribution >= 0.6 is 0 Å². The molecule has 0 saturated carbocycles. The molecule has 0 aliphatic carbocycles. The minimum Gasteiger partial charge on any atom is -0.434 e. The Labute approximate surface area is 106 Å². The van der Waals surface area contributed by atoms with E-state index in [0.717, 1.165) is 12.0 Å². The lowest BCUT2D eigenvalue weighted by Crippen LogP contribution is -2.27. The van der Waals surface area contributed by atoms with E-state index in [0.29, 0.717) is 13.2 Å². The van der Waals surface area contributed by atoms with Gasteiger partial charge < -0.3 is 14.8 Å². The van der Waals surface area contributed by atoms with Gasteiger partial charge in [-0.15, -0.1) is 0 Å². The number of hydrogen-bond donors (Lipinski definition) is 1. The fourth-order valence-electron chi connectivity index (χ4n) is 1.54. The highest BCUT2D eigenvalue weighted by molar-refractivity contribution is 5.33. The predicted molar refractivity (Wildman–Crippen MR) is 65.9 cm³/mol. The van der Waals surface area contributed by atoms with E-state index >= 15 is 0 Å². The molecule has 1 unspecified atom stereocenters. The van der Waals surface area contributed by atoms with Crippen LogP contribution in [0.3, 0.4) is 0 Å². The second-order valence-electron chi connectivity index (χ2n) is 4.05. The van der Waals surface area contributed by atoms with Crippen LogP contribution in [0.25, 0.3) is 0 Å². The summed E-state index contributed by atoms with van der Waals surface area (Å²) in [4.78, 5) is 0. The Kier molecular flexibility index (Phi) is 6.60. The average Bonchev–Trinajstić information content (AvgIpc) is 2.34. The second kappa shape index (κ2) is 8.00. The summed E-state index contributed by atoms with van der Waals surface area (Å²) in [6, 6.07) is 7.05. The number of alkyl halides is 2. The van der Waals surface area contributed by atoms with E-state index in [2.05, 4.69) is 10.1 Å². The van der Waals surface area contributed by atoms with Gasteiger partial charge in [-0.1, -0.05) is 18.2 Å². The molecule has 5 heteroatoms. The molecule has 0 spiro atoms. The number of benzene rings is 1. The van der Waals surface area contributed by atoms with E-state index in [1.807, 2.05) is 6.92 Å². The maximum atomic E-state index is 12.2. The van der Waals surface area contributed by atoms with Crippen molar-refractivity contribution in [3.8, 4) is 5.75 Å². The topological polar surface area (TPSA) is 30.5 Å². The van der Waals surface area contributed by atoms with E-state index in [-0.39, 0.29) is 11.8 Å². The van der Waals surface area contributed by atoms with Gasteiger partial charge in [0.25, 0.3) is 0 Å². The molecule has 3 nitrogen and oxygen atoms in total. The van der Waals surface area contributed by atoms with Crippen molar-refractivity contribution in [2.24, 2.45) is 0 Å². The van der Waals surface area contributed by atoms with Gasteiger partial charge in [0.2, 0.25) is 0 Å². The first-order valence-electron chi connectivity index (χ1n) is 5.88. The summed E-state index contributed by atoms with van der Waals surface area (Å²) in [6.45, 7) is 0.393. The Morgan fingerprint density at radius 2 is 2.00 bits per heavy atom. The van der Waals surface area contributed by atoms with Crippen LogP contribution in [-0.4, -0.2) is 26.4 Å². The molecule has 0 aromatic heterocycles. The van der Waals surface area contributed by atoms with Crippen molar-refractivity contribution >= 4 is 0 Å². The maximum Gasteiger partial charge on any atom is 0.387 e. The Hall–Kier alpha value is -1.20. The zero-order valence-electron chi connectivity index (χ0n) is 10.7. The van der Waals surface area contributed by atoms with Gasteiger partial charge in [0.1, 0.15) is 5.75 Å². The molecule has 0 radical (unpaired) electrons. The number of methoxy groups -OCH3 is 1. The summed E-state index contributed by atoms with van der Waals surface area (Å²) >= 11 is 0. The first-order valence-corrected chi connectivity index (χ1v) is 5.88. The van der Waals surface area contributed by atoms with E-state index in [4.69, 9.17) is 4.74 Å². The number of ether oxygens (including phenoxy) is 2. The Morgan fingerprint density at radius 3 is 2.67 bits per heavy atom. The maximum absolute atomic E-state index is 12.2. The summed E-state index contributed by atoms with van der Waals surface area (Å²) in [7, 11) is 1.65. The van der Waals surface area contributed by atoms with Crippen molar-refractivity contribution in [1.29, 1.82) is 0 Å². The van der Waals surface area contributed by atoms with Crippen LogP contribution in [0.15, 0.2) is 24.3 Å². The van der Waals surface area contributed by atoms with E-state index < -0.39 is 6.61 Å². The van der Waals surface area contributed by atoms with Crippen molar-refractivity contribution in [1.82, 2.24) is 5.32 Å². The zero-order valence-corrected chi connectivity index (χ0v) is 10.7. The molecule has 1 aromatic carbocycles. The largest absolute Gasteiger partial charge is 0.434 e. The highest BCUT2D eigenvalue weighted by Crippen LogP contribution is 2.20. The molecule has 1 aromatic rings. The molecule has 0 bridgehead atoms. The molecule has 0 aliphatic heterocycles. The molecular formula is C13H19F2NO2. The summed E-state index contributed by atoms with van der Waals surface area (Å²) < 4.78 is 33.9. The third kappa shape index (κ3) is 5.42. The fraction of sp³-hybridized carbons (Fsp3) is 0.538. The molecule has 0 heterocycles. The van der Waals surface area contributed by atoms with Crippen LogP contribution in [0.4, 0.5) is 8.78 Å². The van der Waals surface area contributed by atoms with E-state index in [1.54, 1.807) is 31.4 Å². The molecule has 0 saturated heterocycles. The summed E-state index contributed by atoms with van der Waals surface area (Å²) in [5.74, 6) is 0.221. The SMILES string of the molecule is COCCC(C)NCc1ccccc1OC(F)F. The minimum atomic E-state index is -2.79. The molecule has 0 amide bonds. The van der Waals surface area contributed by atoms with Crippen LogP contribution in [0, 0.1) is 0 Å². The standard InChI is InChI=1S/C13H19F2NO2/c1-10(7-8-17-2)16-9-11-5-3-4-6-12(11)18-13(14)15/h3-6,10,13,16H,7-9H2,1-2H3. The van der Waals surface area contributed by atoms with E-state index in [1.165, 1.54) is 0 Å². The second-order valence-corrected chi connectivity index (χ2v) is 4.05. The molecule has 0 aliphatic rings. The fourth-order valence-corrected chi connectivity index (χ4v) is 1.54. The Balaban J connectivity index is 2.50. The molecule has 102 valence electrons. The first kappa shape index (κ1) is 14.9. The van der Waals surface area contributed by atoms with Gasteiger partial charge in [-0.3, -0.25) is 0 Å². The van der Waals surface area contributed by atoms with Gasteiger partial charge in [-0.05, 0) is 19.4 Å². The monoisotopic (exact) mass is 259 g/mol. The van der Waals surface area contributed by atoms with Crippen LogP contribution in [0.5, 0.6) is 5.75 Å². The summed E-state index contributed by atoms with van der Waals surface area (Å²) in [6.07, 6.45) is 0.869. The Bertz CT molecular complexity index is 348. The minimum absolute atomic E-state index is 0.221. The summed E-state index contributed by atoms with van der Waals surface area (Å²) in [5, 5.41) is 3.24. The third-order valence-corrected chi connectivity index (χ3v) is 2.58. The molecule has 1 atom stereocenters. The van der Waals surface area contributed by atoms with Gasteiger partial charge >= 0.3 is 6.61 Å². The predicted octanol–water partition coefficient (Wildman–Crippen LogP) is 2.80. The van der Waals surface area contributed by atoms with Crippen molar-refractivity contribution in [3.63, 3.8) is 0 Å². The van der Waals surface area contributed by atoms with Gasteiger partial charge in [-0.25, -0.2) is 0 Å². The zero-order chi connectivity index (χ0) is 13.4. The van der Waals surface area contributed by atoms with Gasteiger partial charge in [-0.2, -0.15) is 8.78 Å². The van der Waals surface area contributed by atoms with Crippen LogP contribution in [0.2, 0.25) is 0 Å². The third-order valence-electron chi connectivity index (χ3n) is 2.58. The lowest BCUT2D eigenvalue weighted by atomic mass is 10.1. The number of hydrogen-bond acceptors (Lipinski definition) is 3. The average molecular weight is 259 g/mol. The van der Waals surface area contributed by atoms with Crippen molar-refractivity contribution in [2.45, 2.75) is 32.5 Å². The lowest BCUT2D eigenvalue weighted by Gasteiger charge is -2.15. The molecule has 1 N–H and O–H groups in total. The van der Waals surface area contributed by atoms with Crippen molar-refractivity contribution < 1.29 is 18.3 Å². The number of rotatable bonds is 8. The van der Waals surface area contributed by atoms with Crippen LogP contribution in [-0.2, 0) is 11.3 Å². The van der Waals surface area contributed by atoms with Gasteiger partial charge in [0, 0.05) is 31.9 Å². The molecular weight excluding hydrogens is 240 g/mol.